The molecule has 2 N–H and O–H groups in total. The Hall–Kier alpha value is -0.530. The summed E-state index contributed by atoms with van der Waals surface area (Å²) in [5.74, 6) is -0.195. The molecule has 0 saturated heterocycles. The Morgan fingerprint density at radius 1 is 1.67 bits per heavy atom. The van der Waals surface area contributed by atoms with Crippen LogP contribution in [0.15, 0.2) is 0 Å². The first-order valence-electron chi connectivity index (χ1n) is 3.37. The third kappa shape index (κ3) is 7.47. The van der Waals surface area contributed by atoms with E-state index in [9.17, 15) is 4.79 Å². The molecular formula is C7H14NO. The predicted octanol–water partition coefficient (Wildman–Crippen LogP) is 1.26. The quantitative estimate of drug-likeness (QED) is 0.556. The van der Waals surface area contributed by atoms with Crippen LogP contribution in [0.3, 0.4) is 0 Å². The molecule has 9 heavy (non-hydrogen) atoms. The Morgan fingerprint density at radius 3 is 2.78 bits per heavy atom. The maximum Gasteiger partial charge on any atom is 0.217 e. The zero-order valence-corrected chi connectivity index (χ0v) is 5.89. The zero-order valence-electron chi connectivity index (χ0n) is 5.89. The van der Waals surface area contributed by atoms with E-state index in [4.69, 9.17) is 5.73 Å². The van der Waals surface area contributed by atoms with Gasteiger partial charge in [0.25, 0.3) is 0 Å². The molecular weight excluding hydrogens is 114 g/mol. The van der Waals surface area contributed by atoms with E-state index in [0.29, 0.717) is 6.42 Å². The van der Waals surface area contributed by atoms with E-state index in [1.807, 2.05) is 0 Å². The largest absolute Gasteiger partial charge is 0.370 e. The van der Waals surface area contributed by atoms with E-state index >= 15 is 0 Å². The first-order valence-corrected chi connectivity index (χ1v) is 3.37. The summed E-state index contributed by atoms with van der Waals surface area (Å²) in [4.78, 5) is 10.2. The second kappa shape index (κ2) is 5.60. The van der Waals surface area contributed by atoms with Crippen LogP contribution in [-0.4, -0.2) is 5.91 Å². The SMILES string of the molecule is CC[CH]CCCC(N)=O. The average molecular weight is 128 g/mol. The van der Waals surface area contributed by atoms with Crippen LogP contribution >= 0.6 is 0 Å². The van der Waals surface area contributed by atoms with Gasteiger partial charge in [-0.15, -0.1) is 0 Å². The number of hydrogen-bond acceptors (Lipinski definition) is 1. The number of carbonyl (C=O) groups is 1. The zero-order chi connectivity index (χ0) is 7.11. The first kappa shape index (κ1) is 8.47. The van der Waals surface area contributed by atoms with Crippen molar-refractivity contribution in [2.45, 2.75) is 32.6 Å². The smallest absolute Gasteiger partial charge is 0.217 e. The molecule has 0 aliphatic carbocycles. The molecule has 0 heterocycles. The molecule has 0 saturated carbocycles. The van der Waals surface area contributed by atoms with Crippen LogP contribution in [0.4, 0.5) is 0 Å². The van der Waals surface area contributed by atoms with Crippen LogP contribution in [0.1, 0.15) is 32.6 Å². The van der Waals surface area contributed by atoms with Gasteiger partial charge in [-0.25, -0.2) is 0 Å². The van der Waals surface area contributed by atoms with Gasteiger partial charge in [0.2, 0.25) is 5.91 Å². The van der Waals surface area contributed by atoms with Crippen LogP contribution in [0.2, 0.25) is 0 Å². The van der Waals surface area contributed by atoms with Crippen molar-refractivity contribution in [3.05, 3.63) is 6.42 Å². The molecule has 2 nitrogen and oxygen atoms in total. The highest BCUT2D eigenvalue weighted by Gasteiger charge is 1.92. The minimum Gasteiger partial charge on any atom is -0.370 e. The summed E-state index contributed by atoms with van der Waals surface area (Å²) in [5.41, 5.74) is 4.92. The monoisotopic (exact) mass is 128 g/mol. The number of hydrogen-bond donors (Lipinski definition) is 1. The van der Waals surface area contributed by atoms with Crippen molar-refractivity contribution in [1.29, 1.82) is 0 Å². The van der Waals surface area contributed by atoms with Crippen LogP contribution in [0.25, 0.3) is 0 Å². The number of primary amides is 1. The molecule has 0 atom stereocenters. The second-order valence-electron chi connectivity index (χ2n) is 2.06. The Kier molecular flexibility index (Phi) is 5.27. The maximum absolute atomic E-state index is 10.2. The molecule has 0 aromatic rings. The van der Waals surface area contributed by atoms with Gasteiger partial charge in [-0.3, -0.25) is 4.79 Å². The molecule has 0 aliphatic heterocycles. The van der Waals surface area contributed by atoms with Gasteiger partial charge in [0.05, 0.1) is 0 Å². The number of unbranched alkanes of at least 4 members (excludes halogenated alkanes) is 3. The molecule has 53 valence electrons. The highest BCUT2D eigenvalue weighted by Crippen LogP contribution is 1.99. The molecule has 0 fully saturated rings. The van der Waals surface area contributed by atoms with Crippen molar-refractivity contribution >= 4 is 5.91 Å². The molecule has 0 bridgehead atoms. The third-order valence-corrected chi connectivity index (χ3v) is 1.12. The summed E-state index contributed by atoms with van der Waals surface area (Å²) >= 11 is 0. The highest BCUT2D eigenvalue weighted by atomic mass is 16.1. The lowest BCUT2D eigenvalue weighted by Gasteiger charge is -1.93. The van der Waals surface area contributed by atoms with Crippen LogP contribution in [0, 0.1) is 6.42 Å². The lowest BCUT2D eigenvalue weighted by atomic mass is 10.1. The van der Waals surface area contributed by atoms with E-state index < -0.39 is 0 Å². The Morgan fingerprint density at radius 2 is 2.33 bits per heavy atom. The lowest BCUT2D eigenvalue weighted by Crippen LogP contribution is -2.09. The number of nitrogens with two attached hydrogens (primary N) is 1. The van der Waals surface area contributed by atoms with Gasteiger partial charge in [-0.2, -0.15) is 0 Å². The molecule has 0 rings (SSSR count). The van der Waals surface area contributed by atoms with Gasteiger partial charge in [0.15, 0.2) is 0 Å². The molecule has 0 spiro atoms. The summed E-state index contributed by atoms with van der Waals surface area (Å²) in [5, 5.41) is 0. The Labute approximate surface area is 56.4 Å². The minimum atomic E-state index is -0.195. The summed E-state index contributed by atoms with van der Waals surface area (Å²) in [6, 6.07) is 0. The second-order valence-corrected chi connectivity index (χ2v) is 2.06. The molecule has 0 aliphatic rings. The standard InChI is InChI=1S/C7H14NO/c1-2-3-4-5-6-7(8)9/h3H,2,4-6H2,1H3,(H2,8,9). The number of amides is 1. The first-order chi connectivity index (χ1) is 4.27. The van der Waals surface area contributed by atoms with E-state index in [2.05, 4.69) is 13.3 Å². The Bertz CT molecular complexity index is 81.0. The van der Waals surface area contributed by atoms with E-state index in [0.717, 1.165) is 19.3 Å². The van der Waals surface area contributed by atoms with Crippen LogP contribution in [-0.2, 0) is 4.79 Å². The average Bonchev–Trinajstić information content (AvgIpc) is 1.80. The highest BCUT2D eigenvalue weighted by molar-refractivity contribution is 5.73. The molecule has 1 radical (unpaired) electrons. The summed E-state index contributed by atoms with van der Waals surface area (Å²) in [6.07, 6.45) is 5.68. The molecule has 0 unspecified atom stereocenters. The molecule has 0 aromatic carbocycles. The van der Waals surface area contributed by atoms with E-state index in [-0.39, 0.29) is 5.91 Å². The fraction of sp³-hybridized carbons (Fsp3) is 0.714. The van der Waals surface area contributed by atoms with Gasteiger partial charge in [0.1, 0.15) is 0 Å². The van der Waals surface area contributed by atoms with Crippen molar-refractivity contribution in [2.24, 2.45) is 5.73 Å². The third-order valence-electron chi connectivity index (χ3n) is 1.12. The van der Waals surface area contributed by atoms with Gasteiger partial charge < -0.3 is 5.73 Å². The fourth-order valence-corrected chi connectivity index (χ4v) is 0.625. The maximum atomic E-state index is 10.2. The Balaban J connectivity index is 2.83. The van der Waals surface area contributed by atoms with Crippen LogP contribution < -0.4 is 5.73 Å². The molecule has 0 aromatic heterocycles. The predicted molar refractivity (Wildman–Crippen MR) is 37.6 cm³/mol. The van der Waals surface area contributed by atoms with Crippen molar-refractivity contribution in [2.75, 3.05) is 0 Å². The van der Waals surface area contributed by atoms with E-state index in [1.165, 1.54) is 0 Å². The lowest BCUT2D eigenvalue weighted by molar-refractivity contribution is -0.118. The van der Waals surface area contributed by atoms with Crippen molar-refractivity contribution in [3.63, 3.8) is 0 Å². The topological polar surface area (TPSA) is 43.1 Å². The molecule has 2 heteroatoms. The van der Waals surface area contributed by atoms with Gasteiger partial charge in [-0.1, -0.05) is 13.3 Å². The normalized spacial score (nSPS) is 9.44. The number of rotatable bonds is 5. The van der Waals surface area contributed by atoms with Gasteiger partial charge in [-0.05, 0) is 19.3 Å². The van der Waals surface area contributed by atoms with Crippen molar-refractivity contribution < 1.29 is 4.79 Å². The molecule has 1 amide bonds. The van der Waals surface area contributed by atoms with Crippen LogP contribution in [0.5, 0.6) is 0 Å². The fourth-order valence-electron chi connectivity index (χ4n) is 0.625. The van der Waals surface area contributed by atoms with Gasteiger partial charge in [0, 0.05) is 6.42 Å². The number of carbonyl (C=O) groups excluding carboxylic acids is 1. The summed E-state index contributed by atoms with van der Waals surface area (Å²) in [7, 11) is 0. The summed E-state index contributed by atoms with van der Waals surface area (Å²) in [6.45, 7) is 2.09. The van der Waals surface area contributed by atoms with Gasteiger partial charge >= 0.3 is 0 Å². The van der Waals surface area contributed by atoms with Crippen molar-refractivity contribution in [3.8, 4) is 0 Å². The minimum absolute atomic E-state index is 0.195. The van der Waals surface area contributed by atoms with Crippen molar-refractivity contribution in [1.82, 2.24) is 0 Å². The van der Waals surface area contributed by atoms with E-state index in [1.54, 1.807) is 0 Å². The summed E-state index contributed by atoms with van der Waals surface area (Å²) < 4.78 is 0.